The summed E-state index contributed by atoms with van der Waals surface area (Å²) in [6, 6.07) is 0. The highest BCUT2D eigenvalue weighted by atomic mass is 31.2. The molecular weight excluding hydrogens is 1260 g/mol. The number of phosphoric ester groups is 2. The van der Waals surface area contributed by atoms with Crippen LogP contribution in [0.3, 0.4) is 0 Å². The molecule has 0 bridgehead atoms. The predicted octanol–water partition coefficient (Wildman–Crippen LogP) is 22.7. The van der Waals surface area contributed by atoms with Crippen molar-refractivity contribution in [2.75, 3.05) is 39.6 Å². The SMILES string of the molecule is CCCCCCCCCCCCCCCCCCCCCCCCC(=O)O[C@H](COC(=O)CCCCCCCCCCCCCCCCCC(C)C)COP(=O)(O)OC[C@@H](O)COP(=O)(O)OC[C@@H](COC(=O)CCCCCCCCC)OC(=O)CCCCCCCCC(C)C. The van der Waals surface area contributed by atoms with Crippen LogP contribution >= 0.6 is 15.6 Å². The monoisotopic (exact) mass is 1410 g/mol. The van der Waals surface area contributed by atoms with Gasteiger partial charge in [0.2, 0.25) is 0 Å². The van der Waals surface area contributed by atoms with Crippen LogP contribution in [0.25, 0.3) is 0 Å². The number of aliphatic hydroxyl groups is 1. The van der Waals surface area contributed by atoms with Crippen molar-refractivity contribution in [1.82, 2.24) is 0 Å². The topological polar surface area (TPSA) is 237 Å². The summed E-state index contributed by atoms with van der Waals surface area (Å²) in [7, 11) is -9.90. The lowest BCUT2D eigenvalue weighted by Crippen LogP contribution is -2.30. The quantitative estimate of drug-likeness (QED) is 0.0222. The zero-order valence-electron chi connectivity index (χ0n) is 62.7. The van der Waals surface area contributed by atoms with Crippen LogP contribution in [0, 0.1) is 11.8 Å². The van der Waals surface area contributed by atoms with Crippen LogP contribution in [-0.4, -0.2) is 96.7 Å². The summed E-state index contributed by atoms with van der Waals surface area (Å²) in [6.07, 6.45) is 57.5. The first-order chi connectivity index (χ1) is 46.4. The normalized spacial score (nSPS) is 14.0. The first-order valence-electron chi connectivity index (χ1n) is 40.0. The van der Waals surface area contributed by atoms with Gasteiger partial charge in [-0.25, -0.2) is 9.13 Å². The molecule has 96 heavy (non-hydrogen) atoms. The van der Waals surface area contributed by atoms with Gasteiger partial charge in [-0.2, -0.15) is 0 Å². The second kappa shape index (κ2) is 68.8. The Bertz CT molecular complexity index is 1860. The van der Waals surface area contributed by atoms with E-state index in [4.69, 9.17) is 37.0 Å². The van der Waals surface area contributed by atoms with Crippen LogP contribution in [0.4, 0.5) is 0 Å². The zero-order chi connectivity index (χ0) is 70.7. The Morgan fingerprint density at radius 2 is 0.479 bits per heavy atom. The summed E-state index contributed by atoms with van der Waals surface area (Å²) in [4.78, 5) is 72.6. The third-order valence-electron chi connectivity index (χ3n) is 18.0. The average molecular weight is 1410 g/mol. The molecule has 0 spiro atoms. The van der Waals surface area contributed by atoms with Crippen molar-refractivity contribution in [2.45, 2.75) is 419 Å². The number of hydrogen-bond acceptors (Lipinski definition) is 15. The number of unbranched alkanes of at least 4 members (excludes halogenated alkanes) is 46. The summed E-state index contributed by atoms with van der Waals surface area (Å²) in [5, 5.41) is 10.6. The van der Waals surface area contributed by atoms with Crippen molar-refractivity contribution in [3.8, 4) is 0 Å². The van der Waals surface area contributed by atoms with E-state index in [0.717, 1.165) is 109 Å². The summed E-state index contributed by atoms with van der Waals surface area (Å²) in [6.45, 7) is 9.48. The third kappa shape index (κ3) is 70.5. The van der Waals surface area contributed by atoms with Gasteiger partial charge < -0.3 is 33.8 Å². The predicted molar refractivity (Wildman–Crippen MR) is 391 cm³/mol. The zero-order valence-corrected chi connectivity index (χ0v) is 64.5. The number of hydrogen-bond donors (Lipinski definition) is 3. The number of phosphoric acid groups is 2. The molecule has 0 saturated heterocycles. The molecule has 0 radical (unpaired) electrons. The van der Waals surface area contributed by atoms with E-state index in [1.54, 1.807) is 0 Å². The van der Waals surface area contributed by atoms with Gasteiger partial charge in [0.1, 0.15) is 19.3 Å². The van der Waals surface area contributed by atoms with Crippen molar-refractivity contribution < 1.29 is 80.2 Å². The van der Waals surface area contributed by atoms with E-state index in [2.05, 4.69) is 41.5 Å². The lowest BCUT2D eigenvalue weighted by molar-refractivity contribution is -0.161. The molecule has 0 rings (SSSR count). The maximum absolute atomic E-state index is 13.1. The van der Waals surface area contributed by atoms with Crippen LogP contribution in [0.5, 0.6) is 0 Å². The molecule has 0 aliphatic heterocycles. The summed E-state index contributed by atoms with van der Waals surface area (Å²) in [5.41, 5.74) is 0. The third-order valence-corrected chi connectivity index (χ3v) is 19.9. The van der Waals surface area contributed by atoms with Crippen molar-refractivity contribution >= 4 is 39.5 Å². The highest BCUT2D eigenvalue weighted by Gasteiger charge is 2.30. The van der Waals surface area contributed by atoms with Crippen molar-refractivity contribution in [3.05, 3.63) is 0 Å². The van der Waals surface area contributed by atoms with Crippen LogP contribution in [0.15, 0.2) is 0 Å². The Labute approximate surface area is 588 Å². The number of esters is 4. The fourth-order valence-corrected chi connectivity index (χ4v) is 13.4. The van der Waals surface area contributed by atoms with E-state index in [1.165, 1.54) is 205 Å². The molecule has 0 saturated carbocycles. The molecule has 0 aromatic rings. The molecule has 0 heterocycles. The van der Waals surface area contributed by atoms with Gasteiger partial charge in [0.15, 0.2) is 12.2 Å². The van der Waals surface area contributed by atoms with E-state index >= 15 is 0 Å². The van der Waals surface area contributed by atoms with Gasteiger partial charge in [-0.1, -0.05) is 350 Å². The second-order valence-corrected chi connectivity index (χ2v) is 31.6. The number of carbonyl (C=O) groups excluding carboxylic acids is 4. The Morgan fingerprint density at radius 3 is 0.708 bits per heavy atom. The Balaban J connectivity index is 5.13. The molecule has 17 nitrogen and oxygen atoms in total. The van der Waals surface area contributed by atoms with Gasteiger partial charge in [-0.3, -0.25) is 37.3 Å². The molecule has 0 fully saturated rings. The maximum Gasteiger partial charge on any atom is 0.472 e. The van der Waals surface area contributed by atoms with Crippen molar-refractivity contribution in [2.24, 2.45) is 11.8 Å². The minimum atomic E-state index is -4.96. The van der Waals surface area contributed by atoms with Crippen LogP contribution in [0.1, 0.15) is 401 Å². The molecule has 5 atom stereocenters. The van der Waals surface area contributed by atoms with Crippen LogP contribution < -0.4 is 0 Å². The Morgan fingerprint density at radius 1 is 0.281 bits per heavy atom. The Kier molecular flexibility index (Phi) is 67.4. The van der Waals surface area contributed by atoms with E-state index in [0.29, 0.717) is 31.6 Å². The van der Waals surface area contributed by atoms with Crippen LogP contribution in [0.2, 0.25) is 0 Å². The molecule has 0 amide bonds. The fourth-order valence-electron chi connectivity index (χ4n) is 11.8. The second-order valence-electron chi connectivity index (χ2n) is 28.7. The first-order valence-corrected chi connectivity index (χ1v) is 43.0. The molecule has 2 unspecified atom stereocenters. The number of aliphatic hydroxyl groups excluding tert-OH is 1. The minimum absolute atomic E-state index is 0.102. The summed E-state index contributed by atoms with van der Waals surface area (Å²) >= 11 is 0. The van der Waals surface area contributed by atoms with Crippen molar-refractivity contribution in [1.29, 1.82) is 0 Å². The first kappa shape index (κ1) is 94.1. The van der Waals surface area contributed by atoms with Gasteiger partial charge in [-0.05, 0) is 37.5 Å². The largest absolute Gasteiger partial charge is 0.472 e. The maximum atomic E-state index is 13.1. The van der Waals surface area contributed by atoms with Gasteiger partial charge in [0, 0.05) is 25.7 Å². The van der Waals surface area contributed by atoms with Gasteiger partial charge in [0.25, 0.3) is 0 Å². The molecule has 3 N–H and O–H groups in total. The highest BCUT2D eigenvalue weighted by Crippen LogP contribution is 2.45. The van der Waals surface area contributed by atoms with Gasteiger partial charge in [-0.15, -0.1) is 0 Å². The van der Waals surface area contributed by atoms with E-state index in [9.17, 15) is 43.2 Å². The lowest BCUT2D eigenvalue weighted by atomic mass is 10.0. The number of carbonyl (C=O) groups is 4. The average Bonchev–Trinajstić information content (AvgIpc) is 1.65. The van der Waals surface area contributed by atoms with E-state index < -0.39 is 97.5 Å². The fraction of sp³-hybridized carbons (Fsp3) is 0.948. The smallest absolute Gasteiger partial charge is 0.462 e. The van der Waals surface area contributed by atoms with E-state index in [1.807, 2.05) is 0 Å². The number of ether oxygens (including phenoxy) is 4. The molecular formula is C77H150O17P2. The van der Waals surface area contributed by atoms with Crippen LogP contribution in [-0.2, 0) is 65.4 Å². The van der Waals surface area contributed by atoms with Gasteiger partial charge >= 0.3 is 39.5 Å². The molecule has 0 aromatic heterocycles. The summed E-state index contributed by atoms with van der Waals surface area (Å²) in [5.74, 6) is -0.650. The molecule has 0 aliphatic rings. The number of rotatable bonds is 76. The molecule has 0 aliphatic carbocycles. The molecule has 19 heteroatoms. The Hall–Kier alpha value is -1.94. The minimum Gasteiger partial charge on any atom is -0.462 e. The van der Waals surface area contributed by atoms with Crippen molar-refractivity contribution in [3.63, 3.8) is 0 Å². The molecule has 570 valence electrons. The van der Waals surface area contributed by atoms with E-state index in [-0.39, 0.29) is 25.7 Å². The lowest BCUT2D eigenvalue weighted by Gasteiger charge is -2.21. The standard InChI is InChI=1S/C77H150O17P2/c1-7-9-11-13-15-16-17-18-19-20-21-22-23-24-25-28-32-35-38-42-49-55-61-76(81)93-72(66-88-75(80)60-54-48-41-37-34-31-29-26-27-30-33-36-40-45-51-57-69(3)4)67-91-95(83,84)89-63-71(78)64-90-96(85,86)92-68-73(65-87-74(79)59-53-47-39-14-12-10-8-2)94-77(82)62-56-50-44-43-46-52-58-70(5)6/h69-73,78H,7-68H2,1-6H3,(H,83,84)(H,85,86)/t71-,72-,73-/m1/s1. The van der Waals surface area contributed by atoms with Gasteiger partial charge in [0.05, 0.1) is 26.4 Å². The molecule has 0 aromatic carbocycles. The highest BCUT2D eigenvalue weighted by molar-refractivity contribution is 7.47. The summed E-state index contributed by atoms with van der Waals surface area (Å²) < 4.78 is 68.3.